The first-order chi connectivity index (χ1) is 11.1. The Labute approximate surface area is 140 Å². The van der Waals surface area contributed by atoms with Gasteiger partial charge in [-0.3, -0.25) is 4.79 Å². The van der Waals surface area contributed by atoms with Crippen LogP contribution < -0.4 is 0 Å². The van der Waals surface area contributed by atoms with Crippen molar-refractivity contribution in [1.82, 2.24) is 0 Å². The minimum Gasteiger partial charge on any atom is -0.463 e. The molecule has 3 saturated carbocycles. The van der Waals surface area contributed by atoms with Gasteiger partial charge in [-0.1, -0.05) is 12.2 Å². The number of carbonyl (C=O) groups is 1. The van der Waals surface area contributed by atoms with E-state index in [0.717, 1.165) is 37.5 Å². The second kappa shape index (κ2) is 7.07. The largest absolute Gasteiger partial charge is 0.463 e. The molecule has 3 aliphatic rings. The Bertz CT molecular complexity index is 506. The van der Waals surface area contributed by atoms with E-state index in [0.29, 0.717) is 24.2 Å². The van der Waals surface area contributed by atoms with E-state index in [1.54, 1.807) is 0 Å². The highest BCUT2D eigenvalue weighted by Crippen LogP contribution is 2.55. The van der Waals surface area contributed by atoms with Gasteiger partial charge in [-0.15, -0.1) is 0 Å². The smallest absolute Gasteiger partial charge is 0.302 e. The molecular formula is C20H29NO2. The number of nitriles is 1. The Hall–Kier alpha value is -1.30. The molecule has 3 fully saturated rings. The Morgan fingerprint density at radius 2 is 2.00 bits per heavy atom. The lowest BCUT2D eigenvalue weighted by Gasteiger charge is -2.52. The first kappa shape index (κ1) is 16.6. The van der Waals surface area contributed by atoms with Crippen LogP contribution in [-0.4, -0.2) is 12.1 Å². The molecule has 3 rings (SSSR count). The maximum absolute atomic E-state index is 11.3. The maximum Gasteiger partial charge on any atom is 0.302 e. The summed E-state index contributed by atoms with van der Waals surface area (Å²) in [5.41, 5.74) is 1.38. The Kier molecular flexibility index (Phi) is 5.09. The lowest BCUT2D eigenvalue weighted by Crippen LogP contribution is -2.45. The molecule has 0 aliphatic heterocycles. The van der Waals surface area contributed by atoms with Gasteiger partial charge in [-0.25, -0.2) is 0 Å². The van der Waals surface area contributed by atoms with Crippen molar-refractivity contribution in [3.63, 3.8) is 0 Å². The van der Waals surface area contributed by atoms with Gasteiger partial charge in [0.2, 0.25) is 0 Å². The number of hydrogen-bond acceptors (Lipinski definition) is 3. The first-order valence-electron chi connectivity index (χ1n) is 9.32. The fourth-order valence-corrected chi connectivity index (χ4v) is 5.80. The molecule has 3 heteroatoms. The number of esters is 1. The summed E-state index contributed by atoms with van der Waals surface area (Å²) in [5, 5.41) is 8.96. The van der Waals surface area contributed by atoms with Crippen molar-refractivity contribution in [3.05, 3.63) is 12.2 Å². The zero-order valence-electron chi connectivity index (χ0n) is 14.3. The monoisotopic (exact) mass is 315 g/mol. The number of rotatable bonds is 3. The Morgan fingerprint density at radius 3 is 2.74 bits per heavy atom. The van der Waals surface area contributed by atoms with Crippen LogP contribution in [0.3, 0.4) is 0 Å². The fourth-order valence-electron chi connectivity index (χ4n) is 5.80. The van der Waals surface area contributed by atoms with Crippen molar-refractivity contribution < 1.29 is 9.53 Å². The topological polar surface area (TPSA) is 50.1 Å². The third-order valence-corrected chi connectivity index (χ3v) is 6.71. The van der Waals surface area contributed by atoms with Crippen molar-refractivity contribution >= 4 is 5.97 Å². The predicted octanol–water partition coefficient (Wildman–Crippen LogP) is 4.63. The van der Waals surface area contributed by atoms with Crippen molar-refractivity contribution in [1.29, 1.82) is 5.26 Å². The van der Waals surface area contributed by atoms with Crippen LogP contribution in [0.1, 0.15) is 64.7 Å². The SMILES string of the molecule is C=C1CC[C@H]2[C@@H](CC[C@H]3CC[C@@H](OC(C)=O)C[C@@H]32)[C@H]1CCC#N. The molecule has 0 N–H and O–H groups in total. The van der Waals surface area contributed by atoms with E-state index in [-0.39, 0.29) is 12.1 Å². The summed E-state index contributed by atoms with van der Waals surface area (Å²) in [7, 11) is 0. The molecular weight excluding hydrogens is 286 g/mol. The molecule has 0 saturated heterocycles. The molecule has 0 spiro atoms. The van der Waals surface area contributed by atoms with Gasteiger partial charge in [0, 0.05) is 13.3 Å². The number of hydrogen-bond donors (Lipinski definition) is 0. The fraction of sp³-hybridized carbons (Fsp3) is 0.800. The van der Waals surface area contributed by atoms with Crippen LogP contribution in [0.25, 0.3) is 0 Å². The van der Waals surface area contributed by atoms with Crippen molar-refractivity contribution in [2.75, 3.05) is 0 Å². The summed E-state index contributed by atoms with van der Waals surface area (Å²) >= 11 is 0. The molecule has 3 aliphatic carbocycles. The van der Waals surface area contributed by atoms with Gasteiger partial charge < -0.3 is 4.74 Å². The number of fused-ring (bicyclic) bond motifs is 3. The Morgan fingerprint density at radius 1 is 1.22 bits per heavy atom. The predicted molar refractivity (Wildman–Crippen MR) is 89.3 cm³/mol. The minimum atomic E-state index is -0.135. The molecule has 0 radical (unpaired) electrons. The molecule has 0 bridgehead atoms. The third kappa shape index (κ3) is 3.47. The van der Waals surface area contributed by atoms with E-state index in [1.807, 2.05) is 0 Å². The standard InChI is InChI=1S/C20H29NO2/c1-13-5-9-19-18(17(13)4-3-11-21)10-7-15-6-8-16(12-20(15)19)23-14(2)22/h15-20H,1,3-10,12H2,2H3/t15-,16-,17+,18+,19+,20+/m1/s1. The van der Waals surface area contributed by atoms with Crippen LogP contribution in [0.5, 0.6) is 0 Å². The average Bonchev–Trinajstić information content (AvgIpc) is 2.53. The molecule has 0 aromatic heterocycles. The zero-order chi connectivity index (χ0) is 16.4. The third-order valence-electron chi connectivity index (χ3n) is 6.71. The van der Waals surface area contributed by atoms with Crippen LogP contribution in [0, 0.1) is 40.9 Å². The second-order valence-corrected chi connectivity index (χ2v) is 7.87. The Balaban J connectivity index is 1.71. The van der Waals surface area contributed by atoms with Crippen LogP contribution in [0.15, 0.2) is 12.2 Å². The van der Waals surface area contributed by atoms with E-state index in [2.05, 4.69) is 12.6 Å². The minimum absolute atomic E-state index is 0.134. The van der Waals surface area contributed by atoms with Crippen LogP contribution in [0.2, 0.25) is 0 Å². The molecule has 0 unspecified atom stereocenters. The van der Waals surface area contributed by atoms with Crippen LogP contribution in [-0.2, 0) is 9.53 Å². The van der Waals surface area contributed by atoms with E-state index in [9.17, 15) is 4.79 Å². The molecule has 0 amide bonds. The summed E-state index contributed by atoms with van der Waals surface area (Å²) in [4.78, 5) is 11.3. The first-order valence-corrected chi connectivity index (χ1v) is 9.32. The molecule has 126 valence electrons. The molecule has 23 heavy (non-hydrogen) atoms. The molecule has 0 aromatic rings. The summed E-state index contributed by atoms with van der Waals surface area (Å²) in [6.45, 7) is 5.85. The van der Waals surface area contributed by atoms with Gasteiger partial charge >= 0.3 is 5.97 Å². The molecule has 3 nitrogen and oxygen atoms in total. The number of ether oxygens (including phenoxy) is 1. The van der Waals surface area contributed by atoms with Crippen LogP contribution in [0.4, 0.5) is 0 Å². The highest BCUT2D eigenvalue weighted by atomic mass is 16.5. The zero-order valence-corrected chi connectivity index (χ0v) is 14.3. The van der Waals surface area contributed by atoms with E-state index in [4.69, 9.17) is 10.00 Å². The lowest BCUT2D eigenvalue weighted by molar-refractivity contribution is -0.151. The van der Waals surface area contributed by atoms with Gasteiger partial charge in [-0.05, 0) is 81.0 Å². The van der Waals surface area contributed by atoms with Gasteiger partial charge in [-0.2, -0.15) is 5.26 Å². The van der Waals surface area contributed by atoms with Crippen molar-refractivity contribution in [2.24, 2.45) is 29.6 Å². The van der Waals surface area contributed by atoms with Gasteiger partial charge in [0.05, 0.1) is 6.07 Å². The van der Waals surface area contributed by atoms with E-state index >= 15 is 0 Å². The maximum atomic E-state index is 11.3. The second-order valence-electron chi connectivity index (χ2n) is 7.87. The average molecular weight is 315 g/mol. The summed E-state index contributed by atoms with van der Waals surface area (Å²) < 4.78 is 5.53. The molecule has 0 heterocycles. The van der Waals surface area contributed by atoms with Crippen LogP contribution >= 0.6 is 0 Å². The lowest BCUT2D eigenvalue weighted by atomic mass is 9.54. The highest BCUT2D eigenvalue weighted by molar-refractivity contribution is 5.66. The number of allylic oxidation sites excluding steroid dienone is 1. The van der Waals surface area contributed by atoms with Crippen molar-refractivity contribution in [2.45, 2.75) is 70.8 Å². The van der Waals surface area contributed by atoms with Gasteiger partial charge in [0.25, 0.3) is 0 Å². The highest BCUT2D eigenvalue weighted by Gasteiger charge is 2.47. The normalized spacial score (nSPS) is 39.7. The summed E-state index contributed by atoms with van der Waals surface area (Å²) in [5.74, 6) is 3.41. The number of nitrogens with zero attached hydrogens (tertiary/aromatic N) is 1. The summed E-state index contributed by atoms with van der Waals surface area (Å²) in [6.07, 6.45) is 10.1. The molecule has 0 aromatic carbocycles. The molecule has 6 atom stereocenters. The number of carbonyl (C=O) groups excluding carboxylic acids is 1. The van der Waals surface area contributed by atoms with E-state index in [1.165, 1.54) is 38.2 Å². The van der Waals surface area contributed by atoms with Gasteiger partial charge in [0.15, 0.2) is 0 Å². The quantitative estimate of drug-likeness (QED) is 0.563. The van der Waals surface area contributed by atoms with Gasteiger partial charge in [0.1, 0.15) is 6.10 Å². The summed E-state index contributed by atoms with van der Waals surface area (Å²) in [6, 6.07) is 2.32. The van der Waals surface area contributed by atoms with E-state index < -0.39 is 0 Å². The van der Waals surface area contributed by atoms with Crippen molar-refractivity contribution in [3.8, 4) is 6.07 Å².